The van der Waals surface area contributed by atoms with E-state index in [2.05, 4.69) is 26.0 Å². The smallest absolute Gasteiger partial charge is 0.253 e. The maximum atomic E-state index is 12.3. The number of aromatic nitrogens is 3. The number of likely N-dealkylation sites (N-methyl/N-ethyl adjacent to an activating group) is 1. The average Bonchev–Trinajstić information content (AvgIpc) is 3.25. The van der Waals surface area contributed by atoms with Gasteiger partial charge in [-0.1, -0.05) is 23.7 Å². The lowest BCUT2D eigenvalue weighted by atomic mass is 10.1. The molecule has 11 heteroatoms. The third-order valence-corrected chi connectivity index (χ3v) is 5.08. The van der Waals surface area contributed by atoms with Crippen LogP contribution in [-0.2, 0) is 16.1 Å². The fourth-order valence-electron chi connectivity index (χ4n) is 2.95. The lowest BCUT2D eigenvalue weighted by Gasteiger charge is -2.16. The van der Waals surface area contributed by atoms with Crippen LogP contribution in [0.25, 0.3) is 0 Å². The van der Waals surface area contributed by atoms with Crippen LogP contribution < -0.4 is 16.0 Å². The number of halogens is 1. The van der Waals surface area contributed by atoms with Gasteiger partial charge in [0.1, 0.15) is 12.4 Å². The van der Waals surface area contributed by atoms with E-state index in [1.54, 1.807) is 67.4 Å². The summed E-state index contributed by atoms with van der Waals surface area (Å²) in [6, 6.07) is 8.85. The number of carbonyl (C=O) groups is 2. The SMILES string of the molecule is CNC(=O)c1ccccc1Nc1cc(Nc2cnn(CC(=O)N(C)CCOC)c2)ncc1Cl. The Bertz CT molecular complexity index is 1120. The van der Waals surface area contributed by atoms with Gasteiger partial charge >= 0.3 is 0 Å². The largest absolute Gasteiger partial charge is 0.383 e. The molecule has 174 valence electrons. The van der Waals surface area contributed by atoms with E-state index < -0.39 is 0 Å². The fourth-order valence-corrected chi connectivity index (χ4v) is 3.10. The monoisotopic (exact) mass is 471 g/mol. The van der Waals surface area contributed by atoms with Crippen molar-refractivity contribution < 1.29 is 14.3 Å². The summed E-state index contributed by atoms with van der Waals surface area (Å²) >= 11 is 6.32. The number of nitrogens with one attached hydrogen (secondary N) is 3. The molecule has 0 fully saturated rings. The molecule has 3 aromatic rings. The first-order valence-electron chi connectivity index (χ1n) is 10.2. The van der Waals surface area contributed by atoms with Gasteiger partial charge in [0.25, 0.3) is 5.91 Å². The number of methoxy groups -OCH3 is 1. The number of amides is 2. The Morgan fingerprint density at radius 2 is 1.97 bits per heavy atom. The van der Waals surface area contributed by atoms with Crippen LogP contribution in [0.2, 0.25) is 5.02 Å². The molecule has 0 spiro atoms. The number of rotatable bonds is 10. The molecule has 0 aliphatic carbocycles. The number of anilines is 4. The molecule has 2 heterocycles. The first-order valence-corrected chi connectivity index (χ1v) is 10.5. The van der Waals surface area contributed by atoms with Gasteiger partial charge in [0.05, 0.1) is 46.6 Å². The standard InChI is InChI=1S/C22H26ClN7O3/c1-24-22(32)16-6-4-5-7-18(16)28-19-10-20(25-12-17(19)23)27-15-11-26-30(13-15)14-21(31)29(2)8-9-33-3/h4-7,10-13H,8-9,14H2,1-3H3,(H,24,32)(H2,25,27,28). The van der Waals surface area contributed by atoms with E-state index >= 15 is 0 Å². The molecule has 0 aliphatic heterocycles. The van der Waals surface area contributed by atoms with E-state index in [9.17, 15) is 9.59 Å². The molecular weight excluding hydrogens is 446 g/mol. The van der Waals surface area contributed by atoms with Crippen molar-refractivity contribution in [1.82, 2.24) is 25.0 Å². The number of nitrogens with zero attached hydrogens (tertiary/aromatic N) is 4. The van der Waals surface area contributed by atoms with E-state index in [0.29, 0.717) is 46.6 Å². The topological polar surface area (TPSA) is 113 Å². The second-order valence-electron chi connectivity index (χ2n) is 7.16. The molecule has 0 bridgehead atoms. The van der Waals surface area contributed by atoms with Crippen molar-refractivity contribution in [1.29, 1.82) is 0 Å². The fraction of sp³-hybridized carbons (Fsp3) is 0.273. The third kappa shape index (κ3) is 6.43. The lowest BCUT2D eigenvalue weighted by Crippen LogP contribution is -2.32. The zero-order chi connectivity index (χ0) is 23.8. The van der Waals surface area contributed by atoms with Crippen molar-refractivity contribution >= 4 is 46.3 Å². The molecule has 10 nitrogen and oxygen atoms in total. The van der Waals surface area contributed by atoms with Gasteiger partial charge in [-0.3, -0.25) is 14.3 Å². The number of pyridine rings is 1. The number of ether oxygens (including phenoxy) is 1. The van der Waals surface area contributed by atoms with Crippen LogP contribution in [0, 0.1) is 0 Å². The Kier molecular flexibility index (Phi) is 8.22. The summed E-state index contributed by atoms with van der Waals surface area (Å²) in [5, 5.41) is 13.6. The first-order chi connectivity index (χ1) is 15.9. The van der Waals surface area contributed by atoms with Crippen molar-refractivity contribution in [2.75, 3.05) is 45.0 Å². The van der Waals surface area contributed by atoms with Crippen LogP contribution in [-0.4, -0.2) is 65.8 Å². The van der Waals surface area contributed by atoms with Crippen LogP contribution >= 0.6 is 11.6 Å². The van der Waals surface area contributed by atoms with E-state index in [4.69, 9.17) is 16.3 Å². The number of hydrogen-bond donors (Lipinski definition) is 3. The van der Waals surface area contributed by atoms with Gasteiger partial charge in [0, 0.05) is 40.0 Å². The van der Waals surface area contributed by atoms with E-state index in [-0.39, 0.29) is 18.4 Å². The van der Waals surface area contributed by atoms with Crippen molar-refractivity contribution in [3.8, 4) is 0 Å². The molecule has 3 N–H and O–H groups in total. The maximum absolute atomic E-state index is 12.3. The van der Waals surface area contributed by atoms with Crippen LogP contribution in [0.15, 0.2) is 48.9 Å². The number of benzene rings is 1. The molecule has 0 aliphatic rings. The average molecular weight is 472 g/mol. The highest BCUT2D eigenvalue weighted by atomic mass is 35.5. The second kappa shape index (κ2) is 11.3. The molecule has 2 amide bonds. The van der Waals surface area contributed by atoms with Crippen molar-refractivity contribution in [2.24, 2.45) is 0 Å². The van der Waals surface area contributed by atoms with Gasteiger partial charge in [-0.15, -0.1) is 0 Å². The lowest BCUT2D eigenvalue weighted by molar-refractivity contribution is -0.131. The van der Waals surface area contributed by atoms with Gasteiger partial charge in [-0.25, -0.2) is 4.98 Å². The Hall–Kier alpha value is -3.63. The summed E-state index contributed by atoms with van der Waals surface area (Å²) in [6.07, 6.45) is 4.83. The summed E-state index contributed by atoms with van der Waals surface area (Å²) in [5.41, 5.74) is 2.34. The van der Waals surface area contributed by atoms with Gasteiger partial charge < -0.3 is 25.6 Å². The second-order valence-corrected chi connectivity index (χ2v) is 7.57. The van der Waals surface area contributed by atoms with Crippen LogP contribution in [0.1, 0.15) is 10.4 Å². The van der Waals surface area contributed by atoms with Crippen LogP contribution in [0.4, 0.5) is 22.9 Å². The van der Waals surface area contributed by atoms with E-state index in [1.807, 2.05) is 6.07 Å². The predicted octanol–water partition coefficient (Wildman–Crippen LogP) is 2.88. The molecule has 0 radical (unpaired) electrons. The molecule has 0 unspecified atom stereocenters. The summed E-state index contributed by atoms with van der Waals surface area (Å²) in [7, 11) is 4.89. The Labute approximate surface area is 196 Å². The van der Waals surface area contributed by atoms with E-state index in [0.717, 1.165) is 0 Å². The van der Waals surface area contributed by atoms with Gasteiger partial charge in [-0.05, 0) is 12.1 Å². The highest BCUT2D eigenvalue weighted by Crippen LogP contribution is 2.29. The minimum absolute atomic E-state index is 0.0763. The van der Waals surface area contributed by atoms with Crippen LogP contribution in [0.3, 0.4) is 0 Å². The maximum Gasteiger partial charge on any atom is 0.253 e. The number of hydrogen-bond acceptors (Lipinski definition) is 7. The predicted molar refractivity (Wildman–Crippen MR) is 127 cm³/mol. The Morgan fingerprint density at radius 3 is 2.73 bits per heavy atom. The summed E-state index contributed by atoms with van der Waals surface area (Å²) in [4.78, 5) is 30.3. The zero-order valence-electron chi connectivity index (χ0n) is 18.6. The number of carbonyl (C=O) groups excluding carboxylic acids is 2. The molecule has 0 saturated heterocycles. The van der Waals surface area contributed by atoms with Gasteiger partial charge in [-0.2, -0.15) is 5.10 Å². The highest BCUT2D eigenvalue weighted by molar-refractivity contribution is 6.33. The Morgan fingerprint density at radius 1 is 1.18 bits per heavy atom. The zero-order valence-corrected chi connectivity index (χ0v) is 19.4. The normalized spacial score (nSPS) is 10.5. The van der Waals surface area contributed by atoms with Gasteiger partial charge in [0.2, 0.25) is 5.91 Å². The van der Waals surface area contributed by atoms with Crippen molar-refractivity contribution in [2.45, 2.75) is 6.54 Å². The molecule has 2 aromatic heterocycles. The number of para-hydroxylation sites is 1. The van der Waals surface area contributed by atoms with E-state index in [1.165, 1.54) is 6.20 Å². The first kappa shape index (κ1) is 24.0. The Balaban J connectivity index is 1.70. The molecule has 33 heavy (non-hydrogen) atoms. The molecular formula is C22H26ClN7O3. The highest BCUT2D eigenvalue weighted by Gasteiger charge is 2.13. The summed E-state index contributed by atoms with van der Waals surface area (Å²) < 4.78 is 6.54. The summed E-state index contributed by atoms with van der Waals surface area (Å²) in [6.45, 7) is 1.09. The van der Waals surface area contributed by atoms with Crippen LogP contribution in [0.5, 0.6) is 0 Å². The minimum atomic E-state index is -0.212. The summed E-state index contributed by atoms with van der Waals surface area (Å²) in [5.74, 6) is 0.228. The van der Waals surface area contributed by atoms with Crippen molar-refractivity contribution in [3.63, 3.8) is 0 Å². The quantitative estimate of drug-likeness (QED) is 0.416. The minimum Gasteiger partial charge on any atom is -0.383 e. The molecule has 0 saturated carbocycles. The third-order valence-electron chi connectivity index (χ3n) is 4.78. The molecule has 3 rings (SSSR count). The van der Waals surface area contributed by atoms with Crippen molar-refractivity contribution in [3.05, 3.63) is 59.5 Å². The molecule has 1 aromatic carbocycles. The van der Waals surface area contributed by atoms with Gasteiger partial charge in [0.15, 0.2) is 0 Å². The molecule has 0 atom stereocenters.